The Labute approximate surface area is 97.5 Å². The van der Waals surface area contributed by atoms with E-state index in [0.717, 1.165) is 37.4 Å². The van der Waals surface area contributed by atoms with Crippen molar-refractivity contribution in [3.05, 3.63) is 18.1 Å². The van der Waals surface area contributed by atoms with Gasteiger partial charge >= 0.3 is 0 Å². The van der Waals surface area contributed by atoms with Crippen LogP contribution in [0.25, 0.3) is 0 Å². The van der Waals surface area contributed by atoms with Crippen LogP contribution in [0, 0.1) is 0 Å². The summed E-state index contributed by atoms with van der Waals surface area (Å²) < 4.78 is 5.04. The number of nitrogens with one attached hydrogen (secondary N) is 1. The van der Waals surface area contributed by atoms with Crippen LogP contribution in [0.15, 0.2) is 12.4 Å². The summed E-state index contributed by atoms with van der Waals surface area (Å²) in [5.41, 5.74) is 1.10. The van der Waals surface area contributed by atoms with Crippen molar-refractivity contribution in [1.29, 1.82) is 0 Å². The molecule has 0 aliphatic carbocycles. The highest BCUT2D eigenvalue weighted by molar-refractivity contribution is 5.35. The molecule has 1 N–H and O–H groups in total. The third-order valence-corrected chi connectivity index (χ3v) is 2.38. The number of aromatic nitrogens is 2. The van der Waals surface area contributed by atoms with Crippen molar-refractivity contribution in [1.82, 2.24) is 9.97 Å². The quantitative estimate of drug-likeness (QED) is 0.770. The standard InChI is InChI=1S/C12H21N3O/c1-4-5-11-8-12(14-9-13-11)15-10(2)6-7-16-3/h8-10H,4-7H2,1-3H3,(H,13,14,15). The van der Waals surface area contributed by atoms with Crippen molar-refractivity contribution in [3.63, 3.8) is 0 Å². The van der Waals surface area contributed by atoms with Gasteiger partial charge < -0.3 is 10.1 Å². The molecule has 0 saturated carbocycles. The normalized spacial score (nSPS) is 12.4. The number of rotatable bonds is 7. The van der Waals surface area contributed by atoms with Gasteiger partial charge in [0.2, 0.25) is 0 Å². The zero-order chi connectivity index (χ0) is 11.8. The molecule has 16 heavy (non-hydrogen) atoms. The molecule has 0 aliphatic rings. The van der Waals surface area contributed by atoms with Crippen LogP contribution in [0.4, 0.5) is 5.82 Å². The van der Waals surface area contributed by atoms with Crippen LogP contribution in [0.5, 0.6) is 0 Å². The molecular formula is C12H21N3O. The molecule has 0 amide bonds. The van der Waals surface area contributed by atoms with Gasteiger partial charge in [-0.15, -0.1) is 0 Å². The maximum Gasteiger partial charge on any atom is 0.129 e. The molecule has 1 aromatic heterocycles. The second-order valence-electron chi connectivity index (χ2n) is 3.97. The average Bonchev–Trinajstić information content (AvgIpc) is 2.27. The zero-order valence-corrected chi connectivity index (χ0v) is 10.4. The fourth-order valence-electron chi connectivity index (χ4n) is 1.49. The lowest BCUT2D eigenvalue weighted by molar-refractivity contribution is 0.191. The van der Waals surface area contributed by atoms with Gasteiger partial charge in [-0.1, -0.05) is 13.3 Å². The third-order valence-electron chi connectivity index (χ3n) is 2.38. The van der Waals surface area contributed by atoms with Crippen LogP contribution >= 0.6 is 0 Å². The van der Waals surface area contributed by atoms with Crippen LogP contribution in [-0.4, -0.2) is 29.7 Å². The second kappa shape index (κ2) is 7.17. The Bertz CT molecular complexity index is 304. The van der Waals surface area contributed by atoms with Crippen LogP contribution in [0.2, 0.25) is 0 Å². The average molecular weight is 223 g/mol. The molecule has 0 saturated heterocycles. The van der Waals surface area contributed by atoms with E-state index in [-0.39, 0.29) is 0 Å². The molecule has 1 rings (SSSR count). The molecule has 0 bridgehead atoms. The SMILES string of the molecule is CCCc1cc(NC(C)CCOC)ncn1. The second-order valence-corrected chi connectivity index (χ2v) is 3.97. The molecule has 1 heterocycles. The molecule has 1 atom stereocenters. The Kier molecular flexibility index (Phi) is 5.78. The number of methoxy groups -OCH3 is 1. The summed E-state index contributed by atoms with van der Waals surface area (Å²) in [5, 5.41) is 3.34. The first-order valence-electron chi connectivity index (χ1n) is 5.82. The summed E-state index contributed by atoms with van der Waals surface area (Å²) in [6.45, 7) is 5.04. The fraction of sp³-hybridized carbons (Fsp3) is 0.667. The number of hydrogen-bond acceptors (Lipinski definition) is 4. The van der Waals surface area contributed by atoms with Gasteiger partial charge in [-0.05, 0) is 19.8 Å². The highest BCUT2D eigenvalue weighted by Gasteiger charge is 2.03. The van der Waals surface area contributed by atoms with Gasteiger partial charge in [-0.2, -0.15) is 0 Å². The van der Waals surface area contributed by atoms with Gasteiger partial charge in [0.15, 0.2) is 0 Å². The maximum atomic E-state index is 5.04. The minimum atomic E-state index is 0.365. The van der Waals surface area contributed by atoms with Crippen LogP contribution in [0.3, 0.4) is 0 Å². The number of aryl methyl sites for hydroxylation is 1. The molecule has 0 radical (unpaired) electrons. The molecular weight excluding hydrogens is 202 g/mol. The zero-order valence-electron chi connectivity index (χ0n) is 10.4. The summed E-state index contributed by atoms with van der Waals surface area (Å²) in [7, 11) is 1.72. The van der Waals surface area contributed by atoms with E-state index < -0.39 is 0 Å². The van der Waals surface area contributed by atoms with Gasteiger partial charge in [0.05, 0.1) is 0 Å². The van der Waals surface area contributed by atoms with Crippen LogP contribution in [0.1, 0.15) is 32.4 Å². The van der Waals surface area contributed by atoms with Gasteiger partial charge in [-0.25, -0.2) is 9.97 Å². The Hall–Kier alpha value is -1.16. The molecule has 4 nitrogen and oxygen atoms in total. The molecule has 0 spiro atoms. The first-order chi connectivity index (χ1) is 7.76. The molecule has 1 unspecified atom stereocenters. The molecule has 0 aliphatic heterocycles. The van der Waals surface area contributed by atoms with Crippen molar-refractivity contribution < 1.29 is 4.74 Å². The summed E-state index contributed by atoms with van der Waals surface area (Å²) >= 11 is 0. The Balaban J connectivity index is 2.49. The van der Waals surface area contributed by atoms with E-state index in [2.05, 4.69) is 29.1 Å². The third kappa shape index (κ3) is 4.57. The predicted molar refractivity (Wildman–Crippen MR) is 65.6 cm³/mol. The molecule has 4 heteroatoms. The number of ether oxygens (including phenoxy) is 1. The molecule has 90 valence electrons. The number of hydrogen-bond donors (Lipinski definition) is 1. The van der Waals surface area contributed by atoms with Gasteiger partial charge in [0, 0.05) is 31.5 Å². The minimum absolute atomic E-state index is 0.365. The lowest BCUT2D eigenvalue weighted by Gasteiger charge is -2.14. The lowest BCUT2D eigenvalue weighted by atomic mass is 10.2. The monoisotopic (exact) mass is 223 g/mol. The van der Waals surface area contributed by atoms with Crippen molar-refractivity contribution in [2.45, 2.75) is 39.2 Å². The van der Waals surface area contributed by atoms with Crippen LogP contribution in [-0.2, 0) is 11.2 Å². The largest absolute Gasteiger partial charge is 0.385 e. The molecule has 1 aromatic rings. The van der Waals surface area contributed by atoms with E-state index in [1.54, 1.807) is 13.4 Å². The fourth-order valence-corrected chi connectivity index (χ4v) is 1.49. The summed E-state index contributed by atoms with van der Waals surface area (Å²) in [4.78, 5) is 8.43. The number of anilines is 1. The molecule has 0 fully saturated rings. The predicted octanol–water partition coefficient (Wildman–Crippen LogP) is 2.27. The minimum Gasteiger partial charge on any atom is -0.385 e. The van der Waals surface area contributed by atoms with Crippen molar-refractivity contribution >= 4 is 5.82 Å². The van der Waals surface area contributed by atoms with Gasteiger partial charge in [0.25, 0.3) is 0 Å². The lowest BCUT2D eigenvalue weighted by Crippen LogP contribution is -2.18. The van der Waals surface area contributed by atoms with Gasteiger partial charge in [0.1, 0.15) is 12.1 Å². The summed E-state index contributed by atoms with van der Waals surface area (Å²) in [6.07, 6.45) is 4.71. The summed E-state index contributed by atoms with van der Waals surface area (Å²) in [6, 6.07) is 2.39. The number of nitrogens with zero attached hydrogens (tertiary/aromatic N) is 2. The van der Waals surface area contributed by atoms with E-state index in [4.69, 9.17) is 4.74 Å². The van der Waals surface area contributed by atoms with Crippen molar-refractivity contribution in [2.75, 3.05) is 19.0 Å². The smallest absolute Gasteiger partial charge is 0.129 e. The maximum absolute atomic E-state index is 5.04. The summed E-state index contributed by atoms with van der Waals surface area (Å²) in [5.74, 6) is 0.905. The molecule has 0 aromatic carbocycles. The van der Waals surface area contributed by atoms with Crippen molar-refractivity contribution in [2.24, 2.45) is 0 Å². The Morgan fingerprint density at radius 2 is 2.25 bits per heavy atom. The first kappa shape index (κ1) is 12.9. The topological polar surface area (TPSA) is 47.0 Å². The van der Waals surface area contributed by atoms with Crippen LogP contribution < -0.4 is 5.32 Å². The van der Waals surface area contributed by atoms with E-state index in [1.807, 2.05) is 6.07 Å². The Morgan fingerprint density at radius 1 is 1.44 bits per heavy atom. The highest BCUT2D eigenvalue weighted by atomic mass is 16.5. The van der Waals surface area contributed by atoms with E-state index in [9.17, 15) is 0 Å². The van der Waals surface area contributed by atoms with E-state index in [1.165, 1.54) is 0 Å². The van der Waals surface area contributed by atoms with Gasteiger partial charge in [-0.3, -0.25) is 0 Å². The van der Waals surface area contributed by atoms with Crippen molar-refractivity contribution in [3.8, 4) is 0 Å². The van der Waals surface area contributed by atoms with E-state index >= 15 is 0 Å². The Morgan fingerprint density at radius 3 is 2.94 bits per heavy atom. The van der Waals surface area contributed by atoms with E-state index in [0.29, 0.717) is 6.04 Å². The highest BCUT2D eigenvalue weighted by Crippen LogP contribution is 2.08. The first-order valence-corrected chi connectivity index (χ1v) is 5.82.